The first-order valence-electron chi connectivity index (χ1n) is 6.85. The average molecular weight is 252 g/mol. The minimum atomic E-state index is 0.0251. The van der Waals surface area contributed by atoms with Gasteiger partial charge >= 0.3 is 0 Å². The summed E-state index contributed by atoms with van der Waals surface area (Å²) < 4.78 is 16.4. The van der Waals surface area contributed by atoms with Gasteiger partial charge in [0.25, 0.3) is 0 Å². The lowest BCUT2D eigenvalue weighted by molar-refractivity contribution is -0.177. The molecule has 2 fully saturated rings. The van der Waals surface area contributed by atoms with Gasteiger partial charge in [-0.1, -0.05) is 19.6 Å². The Balaban J connectivity index is 1.80. The van der Waals surface area contributed by atoms with Crippen LogP contribution in [0, 0.1) is 11.3 Å². The van der Waals surface area contributed by atoms with E-state index in [2.05, 4.69) is 19.6 Å². The molecule has 0 aromatic heterocycles. The van der Waals surface area contributed by atoms with Gasteiger partial charge in [0.2, 0.25) is 0 Å². The summed E-state index contributed by atoms with van der Waals surface area (Å²) in [6.45, 7) is 6.13. The Morgan fingerprint density at radius 3 is 2.89 bits per heavy atom. The van der Waals surface area contributed by atoms with Crippen molar-refractivity contribution in [3.8, 4) is 0 Å². The summed E-state index contributed by atoms with van der Waals surface area (Å²) >= 11 is 0. The molecule has 3 heteroatoms. The maximum absolute atomic E-state index is 5.87. The molecule has 0 aromatic rings. The van der Waals surface area contributed by atoms with E-state index >= 15 is 0 Å². The third-order valence-corrected chi connectivity index (χ3v) is 4.22. The summed E-state index contributed by atoms with van der Waals surface area (Å²) in [5, 5.41) is 0. The van der Waals surface area contributed by atoms with Crippen LogP contribution in [-0.4, -0.2) is 26.6 Å². The molecule has 1 saturated carbocycles. The second-order valence-electron chi connectivity index (χ2n) is 5.73. The van der Waals surface area contributed by atoms with Crippen LogP contribution in [0.5, 0.6) is 0 Å². The minimum Gasteiger partial charge on any atom is -0.496 e. The van der Waals surface area contributed by atoms with Gasteiger partial charge in [0.15, 0.2) is 6.29 Å². The first kappa shape index (κ1) is 13.7. The molecule has 2 unspecified atom stereocenters. The van der Waals surface area contributed by atoms with Gasteiger partial charge in [-0.25, -0.2) is 0 Å². The first-order chi connectivity index (χ1) is 8.64. The van der Waals surface area contributed by atoms with E-state index in [1.54, 1.807) is 13.4 Å². The van der Waals surface area contributed by atoms with Gasteiger partial charge in [-0.15, -0.1) is 0 Å². The third-order valence-electron chi connectivity index (χ3n) is 4.22. The summed E-state index contributed by atoms with van der Waals surface area (Å²) in [4.78, 5) is 0. The van der Waals surface area contributed by atoms with Crippen molar-refractivity contribution in [2.24, 2.45) is 11.3 Å². The zero-order chi connectivity index (χ0) is 13.0. The highest BCUT2D eigenvalue weighted by Crippen LogP contribution is 2.50. The van der Waals surface area contributed by atoms with Crippen LogP contribution in [-0.2, 0) is 14.2 Å². The molecule has 0 aromatic carbocycles. The lowest BCUT2D eigenvalue weighted by Gasteiger charge is -2.46. The van der Waals surface area contributed by atoms with E-state index < -0.39 is 0 Å². The number of hydrogen-bond donors (Lipinski definition) is 0. The van der Waals surface area contributed by atoms with Crippen LogP contribution in [0.1, 0.15) is 39.5 Å². The van der Waals surface area contributed by atoms with Crippen molar-refractivity contribution in [2.75, 3.05) is 20.3 Å². The molecule has 102 valence electrons. The normalized spacial score (nSPS) is 30.3. The summed E-state index contributed by atoms with van der Waals surface area (Å²) in [5.41, 5.74) is 4.70. The molecule has 2 atom stereocenters. The van der Waals surface area contributed by atoms with Crippen molar-refractivity contribution < 1.29 is 14.2 Å². The van der Waals surface area contributed by atoms with Crippen LogP contribution in [0.4, 0.5) is 0 Å². The Hall–Kier alpha value is -0.760. The fourth-order valence-electron chi connectivity index (χ4n) is 2.59. The van der Waals surface area contributed by atoms with Crippen LogP contribution in [0.25, 0.3) is 0 Å². The van der Waals surface area contributed by atoms with Crippen molar-refractivity contribution in [1.29, 1.82) is 0 Å². The number of ether oxygens (including phenoxy) is 3. The molecule has 1 heterocycles. The third kappa shape index (κ3) is 2.97. The molecule has 0 bridgehead atoms. The lowest BCUT2D eigenvalue weighted by atomic mass is 9.59. The molecule has 1 saturated heterocycles. The van der Waals surface area contributed by atoms with E-state index in [-0.39, 0.29) is 11.7 Å². The van der Waals surface area contributed by atoms with E-state index in [1.165, 1.54) is 18.4 Å². The predicted octanol–water partition coefficient (Wildman–Crippen LogP) is 3.26. The molecule has 3 nitrogen and oxygen atoms in total. The number of hydrogen-bond acceptors (Lipinski definition) is 3. The molecule has 0 spiro atoms. The van der Waals surface area contributed by atoms with Crippen molar-refractivity contribution in [3.63, 3.8) is 0 Å². The first-order valence-corrected chi connectivity index (χ1v) is 6.85. The Morgan fingerprint density at radius 1 is 1.44 bits per heavy atom. The maximum atomic E-state index is 5.87. The van der Waals surface area contributed by atoms with Crippen LogP contribution in [0.2, 0.25) is 0 Å². The summed E-state index contributed by atoms with van der Waals surface area (Å²) in [7, 11) is 1.65. The van der Waals surface area contributed by atoms with Crippen LogP contribution in [0.3, 0.4) is 0 Å². The van der Waals surface area contributed by atoms with Gasteiger partial charge in [-0.05, 0) is 42.6 Å². The van der Waals surface area contributed by atoms with Crippen molar-refractivity contribution in [3.05, 3.63) is 17.6 Å². The fraction of sp³-hybridized carbons (Fsp3) is 0.800. The molecular weight excluding hydrogens is 228 g/mol. The fourth-order valence-corrected chi connectivity index (χ4v) is 2.59. The smallest absolute Gasteiger partial charge is 0.157 e. The van der Waals surface area contributed by atoms with Crippen molar-refractivity contribution in [1.82, 2.24) is 0 Å². The molecular formula is C15H24O3. The highest BCUT2D eigenvalue weighted by Gasteiger charge is 2.43. The molecule has 0 amide bonds. The zero-order valence-corrected chi connectivity index (χ0v) is 11.7. The second kappa shape index (κ2) is 5.92. The van der Waals surface area contributed by atoms with E-state index in [4.69, 9.17) is 14.2 Å². The highest BCUT2D eigenvalue weighted by atomic mass is 16.7. The van der Waals surface area contributed by atoms with Crippen LogP contribution < -0.4 is 0 Å². The average Bonchev–Trinajstić information content (AvgIpc) is 2.38. The maximum Gasteiger partial charge on any atom is 0.157 e. The SMILES string of the molecule is COC=C=C1CC(COC2CCCCO2)C1(C)C. The monoisotopic (exact) mass is 252 g/mol. The van der Waals surface area contributed by atoms with Crippen LogP contribution in [0.15, 0.2) is 17.6 Å². The number of allylic oxidation sites excluding steroid dienone is 1. The molecule has 0 radical (unpaired) electrons. The van der Waals surface area contributed by atoms with Crippen molar-refractivity contribution >= 4 is 0 Å². The zero-order valence-electron chi connectivity index (χ0n) is 11.7. The number of rotatable bonds is 4. The molecule has 2 aliphatic rings. The summed E-state index contributed by atoms with van der Waals surface area (Å²) in [5.74, 6) is 0.566. The van der Waals surface area contributed by atoms with Crippen molar-refractivity contribution in [2.45, 2.75) is 45.8 Å². The highest BCUT2D eigenvalue weighted by molar-refractivity contribution is 5.23. The molecule has 1 aliphatic carbocycles. The Labute approximate surface area is 110 Å². The van der Waals surface area contributed by atoms with E-state index in [0.29, 0.717) is 5.92 Å². The Morgan fingerprint density at radius 2 is 2.28 bits per heavy atom. The topological polar surface area (TPSA) is 27.7 Å². The van der Waals surface area contributed by atoms with E-state index in [9.17, 15) is 0 Å². The summed E-state index contributed by atoms with van der Waals surface area (Å²) in [6.07, 6.45) is 6.15. The van der Waals surface area contributed by atoms with Gasteiger partial charge in [0, 0.05) is 6.61 Å². The molecule has 1 aliphatic heterocycles. The standard InChI is InChI=1S/C15H24O3/c1-15(2)12(7-9-16-3)10-13(15)11-18-14-6-4-5-8-17-14/h9,13-14H,4-6,8,10-11H2,1-3H3. The molecule has 0 N–H and O–H groups in total. The van der Waals surface area contributed by atoms with Crippen LogP contribution >= 0.6 is 0 Å². The van der Waals surface area contributed by atoms with Gasteiger partial charge in [0.05, 0.1) is 13.7 Å². The Kier molecular flexibility index (Phi) is 4.50. The molecule has 2 rings (SSSR count). The largest absolute Gasteiger partial charge is 0.496 e. The Bertz CT molecular complexity index is 334. The van der Waals surface area contributed by atoms with E-state index in [1.807, 2.05) is 0 Å². The lowest BCUT2D eigenvalue weighted by Crippen LogP contribution is -2.41. The second-order valence-corrected chi connectivity index (χ2v) is 5.73. The minimum absolute atomic E-state index is 0.0251. The quantitative estimate of drug-likeness (QED) is 0.568. The number of methoxy groups -OCH3 is 1. The van der Waals surface area contributed by atoms with E-state index in [0.717, 1.165) is 26.1 Å². The predicted molar refractivity (Wildman–Crippen MR) is 70.0 cm³/mol. The van der Waals surface area contributed by atoms with Gasteiger partial charge < -0.3 is 14.2 Å². The van der Waals surface area contributed by atoms with Gasteiger partial charge in [-0.2, -0.15) is 0 Å². The van der Waals surface area contributed by atoms with Gasteiger partial charge in [0.1, 0.15) is 6.26 Å². The molecule has 18 heavy (non-hydrogen) atoms. The van der Waals surface area contributed by atoms with Gasteiger partial charge in [-0.3, -0.25) is 0 Å². The summed E-state index contributed by atoms with van der Waals surface area (Å²) in [6, 6.07) is 0.